The molecule has 1 saturated heterocycles. The molecule has 1 aliphatic heterocycles. The fourth-order valence-corrected chi connectivity index (χ4v) is 6.45. The molecule has 1 aliphatic rings. The molecule has 200 valence electrons. The van der Waals surface area contributed by atoms with Gasteiger partial charge in [0, 0.05) is 13.1 Å². The molecule has 0 aliphatic carbocycles. The summed E-state index contributed by atoms with van der Waals surface area (Å²) in [6.45, 7) is 3.37. The number of halogens is 1. The van der Waals surface area contributed by atoms with Crippen molar-refractivity contribution in [2.24, 2.45) is 0 Å². The minimum absolute atomic E-state index is 0.0142. The van der Waals surface area contributed by atoms with Crippen molar-refractivity contribution in [3.8, 4) is 0 Å². The van der Waals surface area contributed by atoms with Crippen LogP contribution in [0.3, 0.4) is 0 Å². The van der Waals surface area contributed by atoms with Crippen LogP contribution < -0.4 is 5.32 Å². The van der Waals surface area contributed by atoms with E-state index in [4.69, 9.17) is 21.1 Å². The molecule has 0 radical (unpaired) electrons. The lowest BCUT2D eigenvalue weighted by Crippen LogP contribution is -2.48. The molecule has 8 nitrogen and oxygen atoms in total. The number of esters is 1. The van der Waals surface area contributed by atoms with Crippen LogP contribution >= 0.6 is 11.6 Å². The molecule has 1 N–H and O–H groups in total. The predicted molar refractivity (Wildman–Crippen MR) is 143 cm³/mol. The van der Waals surface area contributed by atoms with Crippen molar-refractivity contribution >= 4 is 33.5 Å². The van der Waals surface area contributed by atoms with Gasteiger partial charge in [-0.1, -0.05) is 72.3 Å². The zero-order valence-corrected chi connectivity index (χ0v) is 22.6. The second-order valence-corrected chi connectivity index (χ2v) is 11.4. The Bertz CT molecular complexity index is 1340. The summed E-state index contributed by atoms with van der Waals surface area (Å²) in [5.41, 5.74) is 1.72. The summed E-state index contributed by atoms with van der Waals surface area (Å²) in [6.07, 6.45) is -0.566. The van der Waals surface area contributed by atoms with Gasteiger partial charge in [-0.25, -0.2) is 13.2 Å². The number of carbonyl (C=O) groups is 2. The van der Waals surface area contributed by atoms with Crippen molar-refractivity contribution in [2.75, 3.05) is 19.7 Å². The number of ether oxygens (including phenoxy) is 2. The Hall–Kier alpha value is -3.24. The zero-order chi connectivity index (χ0) is 27.3. The van der Waals surface area contributed by atoms with Gasteiger partial charge in [-0.3, -0.25) is 4.79 Å². The van der Waals surface area contributed by atoms with E-state index >= 15 is 0 Å². The molecule has 4 rings (SSSR count). The lowest BCUT2D eigenvalue weighted by atomic mass is 9.99. The van der Waals surface area contributed by atoms with E-state index in [9.17, 15) is 18.0 Å². The smallest absolute Gasteiger partial charge is 0.338 e. The Morgan fingerprint density at radius 3 is 2.08 bits per heavy atom. The molecule has 38 heavy (non-hydrogen) atoms. The Labute approximate surface area is 227 Å². The molecule has 0 saturated carbocycles. The standard InChI is InChI=1S/C28H29ClN2O6S/c1-19-16-31(17-20(2)37-19)38(34,35)25-15-23(13-14-24(25)29)28(33)36-18-26(32)30-27(21-9-5-3-6-10-21)22-11-7-4-8-12-22/h3-15,19-20,27H,16-18H2,1-2H3,(H,30,32). The van der Waals surface area contributed by atoms with E-state index in [0.29, 0.717) is 0 Å². The van der Waals surface area contributed by atoms with Gasteiger partial charge in [0.05, 0.1) is 28.8 Å². The average Bonchev–Trinajstić information content (AvgIpc) is 2.91. The topological polar surface area (TPSA) is 102 Å². The average molecular weight is 557 g/mol. The first kappa shape index (κ1) is 27.8. The number of rotatable bonds is 8. The van der Waals surface area contributed by atoms with Gasteiger partial charge in [0.15, 0.2) is 6.61 Å². The van der Waals surface area contributed by atoms with Crippen LogP contribution in [0.1, 0.15) is 41.4 Å². The van der Waals surface area contributed by atoms with Crippen molar-refractivity contribution < 1.29 is 27.5 Å². The predicted octanol–water partition coefficient (Wildman–Crippen LogP) is 4.20. The number of morpholine rings is 1. The van der Waals surface area contributed by atoms with Crippen molar-refractivity contribution in [3.05, 3.63) is 101 Å². The van der Waals surface area contributed by atoms with Crippen molar-refractivity contribution in [3.63, 3.8) is 0 Å². The fourth-order valence-electron chi connectivity index (χ4n) is 4.36. The second kappa shape index (κ2) is 12.1. The summed E-state index contributed by atoms with van der Waals surface area (Å²) >= 11 is 6.23. The van der Waals surface area contributed by atoms with Crippen LogP contribution in [-0.2, 0) is 24.3 Å². The largest absolute Gasteiger partial charge is 0.452 e. The maximum Gasteiger partial charge on any atom is 0.338 e. The van der Waals surface area contributed by atoms with Gasteiger partial charge in [-0.05, 0) is 43.2 Å². The number of hydrogen-bond donors (Lipinski definition) is 1. The van der Waals surface area contributed by atoms with Gasteiger partial charge in [0.25, 0.3) is 5.91 Å². The minimum Gasteiger partial charge on any atom is -0.452 e. The fraction of sp³-hybridized carbons (Fsp3) is 0.286. The Balaban J connectivity index is 1.46. The van der Waals surface area contributed by atoms with Gasteiger partial charge in [0.1, 0.15) is 4.90 Å². The lowest BCUT2D eigenvalue weighted by molar-refractivity contribution is -0.124. The highest BCUT2D eigenvalue weighted by molar-refractivity contribution is 7.89. The summed E-state index contributed by atoms with van der Waals surface area (Å²) in [5, 5.41) is 2.89. The number of nitrogens with zero attached hydrogens (tertiary/aromatic N) is 1. The number of nitrogens with one attached hydrogen (secondary N) is 1. The third-order valence-corrected chi connectivity index (χ3v) is 8.39. The molecular weight excluding hydrogens is 528 g/mol. The van der Waals surface area contributed by atoms with Gasteiger partial charge >= 0.3 is 5.97 Å². The van der Waals surface area contributed by atoms with E-state index in [2.05, 4.69) is 5.32 Å². The van der Waals surface area contributed by atoms with Crippen LogP contribution in [0, 0.1) is 0 Å². The number of benzene rings is 3. The van der Waals surface area contributed by atoms with E-state index < -0.39 is 34.5 Å². The van der Waals surface area contributed by atoms with Crippen molar-refractivity contribution in [1.82, 2.24) is 9.62 Å². The summed E-state index contributed by atoms with van der Waals surface area (Å²) in [4.78, 5) is 25.3. The second-order valence-electron chi connectivity index (χ2n) is 9.12. The first-order valence-corrected chi connectivity index (χ1v) is 14.0. The maximum atomic E-state index is 13.3. The summed E-state index contributed by atoms with van der Waals surface area (Å²) in [6, 6.07) is 22.3. The van der Waals surface area contributed by atoms with Crippen LogP contribution in [0.4, 0.5) is 0 Å². The van der Waals surface area contributed by atoms with Crippen molar-refractivity contribution in [2.45, 2.75) is 37.0 Å². The molecule has 0 bridgehead atoms. The highest BCUT2D eigenvalue weighted by atomic mass is 35.5. The van der Waals surface area contributed by atoms with Crippen LogP contribution in [0.5, 0.6) is 0 Å². The summed E-state index contributed by atoms with van der Waals surface area (Å²) in [7, 11) is -3.99. The first-order valence-electron chi connectivity index (χ1n) is 12.2. The Morgan fingerprint density at radius 2 is 1.53 bits per heavy atom. The SMILES string of the molecule is CC1CN(S(=O)(=O)c2cc(C(=O)OCC(=O)NC(c3ccccc3)c3ccccc3)ccc2Cl)CC(C)O1. The van der Waals surface area contributed by atoms with Gasteiger partial charge in [0.2, 0.25) is 10.0 Å². The molecule has 0 spiro atoms. The molecule has 1 fully saturated rings. The normalized spacial score (nSPS) is 18.2. The molecule has 1 heterocycles. The third kappa shape index (κ3) is 6.60. The Morgan fingerprint density at radius 1 is 0.974 bits per heavy atom. The number of amides is 1. The number of hydrogen-bond acceptors (Lipinski definition) is 6. The van der Waals surface area contributed by atoms with E-state index in [1.54, 1.807) is 13.8 Å². The quantitative estimate of drug-likeness (QED) is 0.417. The molecule has 0 aromatic heterocycles. The van der Waals surface area contributed by atoms with E-state index in [1.165, 1.54) is 22.5 Å². The highest BCUT2D eigenvalue weighted by Gasteiger charge is 2.34. The zero-order valence-electron chi connectivity index (χ0n) is 21.0. The maximum absolute atomic E-state index is 13.3. The number of carbonyl (C=O) groups excluding carboxylic acids is 2. The molecule has 2 unspecified atom stereocenters. The highest BCUT2D eigenvalue weighted by Crippen LogP contribution is 2.28. The van der Waals surface area contributed by atoms with Crippen LogP contribution in [0.25, 0.3) is 0 Å². The molecular formula is C28H29ClN2O6S. The van der Waals surface area contributed by atoms with Crippen LogP contribution in [0.15, 0.2) is 83.8 Å². The van der Waals surface area contributed by atoms with Gasteiger partial charge in [-0.2, -0.15) is 4.31 Å². The first-order chi connectivity index (χ1) is 18.1. The monoisotopic (exact) mass is 556 g/mol. The third-order valence-electron chi connectivity index (χ3n) is 6.08. The molecule has 3 aromatic rings. The molecule has 10 heteroatoms. The molecule has 1 amide bonds. The van der Waals surface area contributed by atoms with Crippen LogP contribution in [-0.4, -0.2) is 56.5 Å². The van der Waals surface area contributed by atoms with Crippen LogP contribution in [0.2, 0.25) is 5.02 Å². The summed E-state index contributed by atoms with van der Waals surface area (Å²) < 4.78 is 38.7. The van der Waals surface area contributed by atoms with E-state index in [1.807, 2.05) is 60.7 Å². The van der Waals surface area contributed by atoms with Gasteiger partial charge < -0.3 is 14.8 Å². The lowest BCUT2D eigenvalue weighted by Gasteiger charge is -2.34. The van der Waals surface area contributed by atoms with E-state index in [-0.39, 0.29) is 40.8 Å². The number of sulfonamides is 1. The van der Waals surface area contributed by atoms with Gasteiger partial charge in [-0.15, -0.1) is 0 Å². The minimum atomic E-state index is -3.99. The van der Waals surface area contributed by atoms with E-state index in [0.717, 1.165) is 11.1 Å². The molecule has 3 aromatic carbocycles. The van der Waals surface area contributed by atoms with Crippen molar-refractivity contribution in [1.29, 1.82) is 0 Å². The molecule has 2 atom stereocenters. The summed E-state index contributed by atoms with van der Waals surface area (Å²) in [5.74, 6) is -1.35. The Kier molecular flexibility index (Phi) is 8.83.